The van der Waals surface area contributed by atoms with Gasteiger partial charge < -0.3 is 15.0 Å². The van der Waals surface area contributed by atoms with E-state index < -0.39 is 0 Å². The smallest absolute Gasteiger partial charge is 0.129 e. The number of morpholine rings is 1. The van der Waals surface area contributed by atoms with E-state index in [1.807, 2.05) is 6.20 Å². The van der Waals surface area contributed by atoms with Gasteiger partial charge >= 0.3 is 0 Å². The van der Waals surface area contributed by atoms with Crippen LogP contribution in [0.2, 0.25) is 0 Å². The van der Waals surface area contributed by atoms with E-state index in [-0.39, 0.29) is 6.10 Å². The number of rotatable bonds is 6. The second-order valence-corrected chi connectivity index (χ2v) is 5.56. The van der Waals surface area contributed by atoms with E-state index >= 15 is 0 Å². The summed E-state index contributed by atoms with van der Waals surface area (Å²) in [5, 5.41) is 3.44. The van der Waals surface area contributed by atoms with Crippen LogP contribution in [0.25, 0.3) is 0 Å². The van der Waals surface area contributed by atoms with Gasteiger partial charge in [0.2, 0.25) is 0 Å². The zero-order valence-electron chi connectivity index (χ0n) is 12.9. The fourth-order valence-electron chi connectivity index (χ4n) is 2.60. The van der Waals surface area contributed by atoms with Gasteiger partial charge in [-0.05, 0) is 44.0 Å². The Hall–Kier alpha value is -1.13. The number of hydrogen-bond donors (Lipinski definition) is 1. The van der Waals surface area contributed by atoms with Crippen molar-refractivity contribution in [2.45, 2.75) is 52.3 Å². The normalized spacial score (nSPS) is 23.1. The molecule has 0 spiro atoms. The largest absolute Gasteiger partial charge is 0.375 e. The molecule has 1 N–H and O–H groups in total. The highest BCUT2D eigenvalue weighted by atomic mass is 16.5. The minimum Gasteiger partial charge on any atom is -0.375 e. The molecule has 0 aromatic carbocycles. The Balaban J connectivity index is 2.07. The second-order valence-electron chi connectivity index (χ2n) is 5.56. The van der Waals surface area contributed by atoms with Gasteiger partial charge in [0.25, 0.3) is 0 Å². The highest BCUT2D eigenvalue weighted by Crippen LogP contribution is 2.22. The Morgan fingerprint density at radius 1 is 1.45 bits per heavy atom. The summed E-state index contributed by atoms with van der Waals surface area (Å²) in [6, 6.07) is 4.75. The van der Waals surface area contributed by atoms with E-state index in [0.717, 1.165) is 44.9 Å². The summed E-state index contributed by atoms with van der Waals surface area (Å²) in [7, 11) is 0. The van der Waals surface area contributed by atoms with Crippen LogP contribution < -0.4 is 10.2 Å². The highest BCUT2D eigenvalue weighted by molar-refractivity contribution is 5.43. The second kappa shape index (κ2) is 7.60. The van der Waals surface area contributed by atoms with Crippen LogP contribution in [0.1, 0.15) is 39.2 Å². The lowest BCUT2D eigenvalue weighted by molar-refractivity contribution is 0.0296. The minimum absolute atomic E-state index is 0.279. The predicted octanol–water partition coefficient (Wildman–Crippen LogP) is 2.58. The lowest BCUT2D eigenvalue weighted by atomic mass is 10.1. The SMILES string of the molecule is CCCNCc1ccnc(N2CC(C)OCC2CC)c1. The zero-order chi connectivity index (χ0) is 14.4. The number of ether oxygens (including phenoxy) is 1. The van der Waals surface area contributed by atoms with Crippen LogP contribution in [-0.2, 0) is 11.3 Å². The molecule has 0 saturated carbocycles. The van der Waals surface area contributed by atoms with Crippen molar-refractivity contribution in [3.05, 3.63) is 23.9 Å². The van der Waals surface area contributed by atoms with Crippen LogP contribution in [0.3, 0.4) is 0 Å². The van der Waals surface area contributed by atoms with Gasteiger partial charge in [-0.15, -0.1) is 0 Å². The first kappa shape index (κ1) is 15.3. The van der Waals surface area contributed by atoms with Crippen LogP contribution in [0.15, 0.2) is 18.3 Å². The number of aromatic nitrogens is 1. The van der Waals surface area contributed by atoms with Crippen molar-refractivity contribution in [1.82, 2.24) is 10.3 Å². The number of nitrogens with one attached hydrogen (secondary N) is 1. The van der Waals surface area contributed by atoms with Gasteiger partial charge in [-0.2, -0.15) is 0 Å². The Labute approximate surface area is 122 Å². The van der Waals surface area contributed by atoms with Gasteiger partial charge in [-0.25, -0.2) is 4.98 Å². The fraction of sp³-hybridized carbons (Fsp3) is 0.688. The van der Waals surface area contributed by atoms with Crippen molar-refractivity contribution in [1.29, 1.82) is 0 Å². The number of pyridine rings is 1. The average molecular weight is 277 g/mol. The van der Waals surface area contributed by atoms with Crippen LogP contribution in [0.4, 0.5) is 5.82 Å². The lowest BCUT2D eigenvalue weighted by Crippen LogP contribution is -2.49. The first-order valence-corrected chi connectivity index (χ1v) is 7.78. The van der Waals surface area contributed by atoms with Crippen molar-refractivity contribution >= 4 is 5.82 Å². The predicted molar refractivity (Wildman–Crippen MR) is 83.1 cm³/mol. The first-order valence-electron chi connectivity index (χ1n) is 7.78. The molecule has 20 heavy (non-hydrogen) atoms. The standard InChI is InChI=1S/C16H27N3O/c1-4-7-17-10-14-6-8-18-16(9-14)19-11-13(3)20-12-15(19)5-2/h6,8-9,13,15,17H,4-5,7,10-12H2,1-3H3. The molecule has 1 fully saturated rings. The Morgan fingerprint density at radius 2 is 2.30 bits per heavy atom. The molecule has 4 heteroatoms. The van der Waals surface area contributed by atoms with Crippen LogP contribution in [0.5, 0.6) is 0 Å². The van der Waals surface area contributed by atoms with Gasteiger partial charge in [-0.1, -0.05) is 13.8 Å². The third kappa shape index (κ3) is 3.93. The summed E-state index contributed by atoms with van der Waals surface area (Å²) in [6.07, 6.45) is 4.45. The molecule has 2 atom stereocenters. The Morgan fingerprint density at radius 3 is 3.05 bits per heavy atom. The van der Waals surface area contributed by atoms with Crippen molar-refractivity contribution in [3.8, 4) is 0 Å². The maximum Gasteiger partial charge on any atom is 0.129 e. The summed E-state index contributed by atoms with van der Waals surface area (Å²) in [6.45, 7) is 10.2. The third-order valence-corrected chi connectivity index (χ3v) is 3.80. The van der Waals surface area contributed by atoms with Crippen molar-refractivity contribution in [2.75, 3.05) is 24.6 Å². The average Bonchev–Trinajstić information content (AvgIpc) is 2.48. The fourth-order valence-corrected chi connectivity index (χ4v) is 2.60. The molecule has 1 aliphatic heterocycles. The van der Waals surface area contributed by atoms with E-state index in [1.54, 1.807) is 0 Å². The third-order valence-electron chi connectivity index (χ3n) is 3.80. The van der Waals surface area contributed by atoms with Crippen LogP contribution in [-0.4, -0.2) is 36.8 Å². The summed E-state index contributed by atoms with van der Waals surface area (Å²) < 4.78 is 5.76. The first-order chi connectivity index (χ1) is 9.74. The van der Waals surface area contributed by atoms with Crippen LogP contribution in [0, 0.1) is 0 Å². The minimum atomic E-state index is 0.279. The molecular formula is C16H27N3O. The van der Waals surface area contributed by atoms with Gasteiger partial charge in [-0.3, -0.25) is 0 Å². The molecule has 1 saturated heterocycles. The van der Waals surface area contributed by atoms with E-state index in [0.29, 0.717) is 6.04 Å². The summed E-state index contributed by atoms with van der Waals surface area (Å²) in [5.74, 6) is 1.09. The molecule has 0 amide bonds. The summed E-state index contributed by atoms with van der Waals surface area (Å²) >= 11 is 0. The van der Waals surface area contributed by atoms with Crippen molar-refractivity contribution in [3.63, 3.8) is 0 Å². The van der Waals surface area contributed by atoms with Gasteiger partial charge in [0.05, 0.1) is 18.8 Å². The summed E-state index contributed by atoms with van der Waals surface area (Å²) in [4.78, 5) is 6.97. The van der Waals surface area contributed by atoms with Gasteiger partial charge in [0.1, 0.15) is 5.82 Å². The summed E-state index contributed by atoms with van der Waals surface area (Å²) in [5.41, 5.74) is 1.30. The number of hydrogen-bond acceptors (Lipinski definition) is 4. The Kier molecular flexibility index (Phi) is 5.80. The maximum atomic E-state index is 5.76. The van der Waals surface area contributed by atoms with E-state index in [9.17, 15) is 0 Å². The number of nitrogens with zero attached hydrogens (tertiary/aromatic N) is 2. The van der Waals surface area contributed by atoms with Gasteiger partial charge in [0.15, 0.2) is 0 Å². The number of anilines is 1. The molecule has 0 radical (unpaired) electrons. The molecule has 1 aromatic rings. The van der Waals surface area contributed by atoms with Crippen molar-refractivity contribution < 1.29 is 4.74 Å². The lowest BCUT2D eigenvalue weighted by Gasteiger charge is -2.39. The quantitative estimate of drug-likeness (QED) is 0.811. The molecular weight excluding hydrogens is 250 g/mol. The molecule has 1 aromatic heterocycles. The molecule has 0 aliphatic carbocycles. The molecule has 2 heterocycles. The Bertz CT molecular complexity index is 410. The monoisotopic (exact) mass is 277 g/mol. The van der Waals surface area contributed by atoms with E-state index in [1.165, 1.54) is 5.56 Å². The molecule has 4 nitrogen and oxygen atoms in total. The van der Waals surface area contributed by atoms with Crippen LogP contribution >= 0.6 is 0 Å². The van der Waals surface area contributed by atoms with Crippen molar-refractivity contribution in [2.24, 2.45) is 0 Å². The molecule has 0 bridgehead atoms. The maximum absolute atomic E-state index is 5.76. The molecule has 1 aliphatic rings. The highest BCUT2D eigenvalue weighted by Gasteiger charge is 2.26. The van der Waals surface area contributed by atoms with E-state index in [2.05, 4.69) is 48.1 Å². The zero-order valence-corrected chi connectivity index (χ0v) is 12.9. The molecule has 112 valence electrons. The van der Waals surface area contributed by atoms with Gasteiger partial charge in [0, 0.05) is 19.3 Å². The van der Waals surface area contributed by atoms with E-state index in [4.69, 9.17) is 4.74 Å². The topological polar surface area (TPSA) is 37.4 Å². The molecule has 2 unspecified atom stereocenters. The molecule has 2 rings (SSSR count).